The molecule has 1 aliphatic rings. The highest BCUT2D eigenvalue weighted by atomic mass is 19.1. The van der Waals surface area contributed by atoms with Crippen molar-refractivity contribution < 1.29 is 19.4 Å². The predicted molar refractivity (Wildman–Crippen MR) is 125 cm³/mol. The summed E-state index contributed by atoms with van der Waals surface area (Å²) in [6, 6.07) is 6.03. The van der Waals surface area contributed by atoms with E-state index in [2.05, 4.69) is 16.0 Å². The van der Waals surface area contributed by atoms with E-state index in [0.29, 0.717) is 33.3 Å². The number of carbonyl (C=O) groups is 1. The number of benzene rings is 1. The summed E-state index contributed by atoms with van der Waals surface area (Å²) in [6.07, 6.45) is 3.17. The van der Waals surface area contributed by atoms with Gasteiger partial charge in [-0.15, -0.1) is 0 Å². The van der Waals surface area contributed by atoms with Gasteiger partial charge in [-0.3, -0.25) is 4.79 Å². The van der Waals surface area contributed by atoms with E-state index in [4.69, 9.17) is 5.73 Å². The summed E-state index contributed by atoms with van der Waals surface area (Å²) in [5.74, 6) is -1.90. The average Bonchev–Trinajstić information content (AvgIpc) is 3.24. The second-order valence-corrected chi connectivity index (χ2v) is 9.21. The molecule has 9 heteroatoms. The van der Waals surface area contributed by atoms with Gasteiger partial charge in [0, 0.05) is 48.3 Å². The van der Waals surface area contributed by atoms with Crippen LogP contribution in [0.25, 0.3) is 22.2 Å². The number of amides is 1. The molecular weight excluding hydrogens is 437 g/mol. The highest BCUT2D eigenvalue weighted by Gasteiger charge is 2.49. The van der Waals surface area contributed by atoms with Crippen LogP contribution in [0.5, 0.6) is 0 Å². The number of halogens is 1. The van der Waals surface area contributed by atoms with Crippen molar-refractivity contribution in [2.75, 3.05) is 19.7 Å². The number of likely N-dealkylation sites (tertiary alicyclic amines) is 1. The minimum Gasteiger partial charge on any atom is -0.394 e. The summed E-state index contributed by atoms with van der Waals surface area (Å²) in [4.78, 5) is 21.2. The lowest BCUT2D eigenvalue weighted by Gasteiger charge is -2.49. The molecule has 0 radical (unpaired) electrons. The second kappa shape index (κ2) is 8.80. The van der Waals surface area contributed by atoms with Crippen LogP contribution >= 0.6 is 0 Å². The van der Waals surface area contributed by atoms with E-state index in [1.54, 1.807) is 45.3 Å². The Kier molecular flexibility index (Phi) is 6.16. The van der Waals surface area contributed by atoms with Gasteiger partial charge in [-0.2, -0.15) is 5.26 Å². The minimum absolute atomic E-state index is 0.188. The molecule has 4 atom stereocenters. The van der Waals surface area contributed by atoms with Crippen LogP contribution in [0.1, 0.15) is 30.5 Å². The van der Waals surface area contributed by atoms with Crippen LogP contribution in [0, 0.1) is 35.9 Å². The normalized spacial score (nSPS) is 23.6. The number of nitrogens with zero attached hydrogens (tertiary/aromatic N) is 3. The van der Waals surface area contributed by atoms with Crippen molar-refractivity contribution in [2.24, 2.45) is 17.6 Å². The van der Waals surface area contributed by atoms with Gasteiger partial charge in [-0.05, 0) is 35.7 Å². The van der Waals surface area contributed by atoms with Gasteiger partial charge < -0.3 is 25.8 Å². The van der Waals surface area contributed by atoms with E-state index < -0.39 is 41.8 Å². The van der Waals surface area contributed by atoms with Crippen LogP contribution in [0.4, 0.5) is 4.39 Å². The number of aryl methyl sites for hydroxylation is 1. The van der Waals surface area contributed by atoms with Crippen molar-refractivity contribution in [1.29, 1.82) is 5.26 Å². The molecule has 2 aromatic heterocycles. The molecule has 34 heavy (non-hydrogen) atoms. The number of carbonyl (C=O) groups excluding carboxylic acids is 1. The van der Waals surface area contributed by atoms with E-state index >= 15 is 4.39 Å². The quantitative estimate of drug-likeness (QED) is 0.466. The third-order valence-electron chi connectivity index (χ3n) is 7.01. The zero-order valence-electron chi connectivity index (χ0n) is 19.3. The van der Waals surface area contributed by atoms with Gasteiger partial charge >= 0.3 is 0 Å². The van der Waals surface area contributed by atoms with E-state index in [0.717, 1.165) is 0 Å². The average molecular weight is 466 g/mol. The molecule has 1 amide bonds. The topological polar surface area (TPSA) is 139 Å². The maximum atomic E-state index is 15.7. The molecule has 4 rings (SSSR count). The lowest BCUT2D eigenvalue weighted by molar-refractivity contribution is -0.151. The van der Waals surface area contributed by atoms with Gasteiger partial charge in [-0.1, -0.05) is 19.9 Å². The fourth-order valence-corrected chi connectivity index (χ4v) is 5.28. The van der Waals surface area contributed by atoms with Crippen molar-refractivity contribution in [2.45, 2.75) is 32.4 Å². The molecule has 1 fully saturated rings. The number of rotatable bonds is 4. The van der Waals surface area contributed by atoms with E-state index in [1.165, 1.54) is 11.0 Å². The summed E-state index contributed by atoms with van der Waals surface area (Å²) in [6.45, 7) is 5.21. The zero-order valence-corrected chi connectivity index (χ0v) is 19.3. The van der Waals surface area contributed by atoms with Crippen molar-refractivity contribution in [3.8, 4) is 17.2 Å². The molecule has 3 aromatic rings. The third-order valence-corrected chi connectivity index (χ3v) is 7.01. The Morgan fingerprint density at radius 3 is 2.68 bits per heavy atom. The Bertz CT molecular complexity index is 1260. The number of pyridine rings is 1. The van der Waals surface area contributed by atoms with Gasteiger partial charge in [0.1, 0.15) is 29.2 Å². The lowest BCUT2D eigenvalue weighted by Crippen LogP contribution is -2.59. The Labute approximate surface area is 196 Å². The molecule has 1 saturated heterocycles. The number of fused-ring (bicyclic) bond motifs is 1. The number of aromatic amines is 1. The van der Waals surface area contributed by atoms with Crippen LogP contribution < -0.4 is 5.73 Å². The second-order valence-electron chi connectivity index (χ2n) is 9.21. The SMILES string of the molecule is Cc1cc(-c2ccnc3[nH]cc(C#N)c23)cc(F)c1C1(O)[C@H](C)CN(C(=O)[C@H](N)CO)C[C@@H]1C. The molecule has 0 aliphatic carbocycles. The first-order valence-electron chi connectivity index (χ1n) is 11.2. The number of H-pyrrole nitrogens is 1. The minimum atomic E-state index is -1.51. The fraction of sp³-hybridized carbons (Fsp3) is 0.400. The van der Waals surface area contributed by atoms with Crippen LogP contribution in [-0.4, -0.2) is 56.7 Å². The van der Waals surface area contributed by atoms with Crippen LogP contribution in [0.15, 0.2) is 30.6 Å². The molecule has 1 aliphatic heterocycles. The van der Waals surface area contributed by atoms with Gasteiger partial charge in [-0.25, -0.2) is 9.37 Å². The smallest absolute Gasteiger partial charge is 0.241 e. The standard InChI is InChI=1S/C25H28FN5O3/c1-13-6-16(18-4-5-29-23-21(18)17(8-27)9-30-23)7-19(26)22(13)25(34)14(2)10-31(11-15(25)3)24(33)20(28)12-32/h4-7,9,14-15,20,32,34H,10-12,28H2,1-3H3,(H,29,30)/t14-,15+,20-,25?/m1/s1. The van der Waals surface area contributed by atoms with Gasteiger partial charge in [0.05, 0.1) is 12.2 Å². The summed E-state index contributed by atoms with van der Waals surface area (Å²) < 4.78 is 15.7. The summed E-state index contributed by atoms with van der Waals surface area (Å²) in [5, 5.41) is 31.1. The number of piperidine rings is 1. The first-order chi connectivity index (χ1) is 16.1. The molecule has 0 bridgehead atoms. The number of aliphatic hydroxyl groups excluding tert-OH is 1. The van der Waals surface area contributed by atoms with Gasteiger partial charge in [0.2, 0.25) is 5.91 Å². The molecule has 178 valence electrons. The number of aliphatic hydroxyl groups is 2. The van der Waals surface area contributed by atoms with Crippen LogP contribution in [-0.2, 0) is 10.4 Å². The van der Waals surface area contributed by atoms with Gasteiger partial charge in [0.15, 0.2) is 0 Å². The monoisotopic (exact) mass is 465 g/mol. The van der Waals surface area contributed by atoms with Crippen molar-refractivity contribution >= 4 is 16.9 Å². The molecule has 0 spiro atoms. The number of hydrogen-bond acceptors (Lipinski definition) is 6. The number of nitrogens with one attached hydrogen (secondary N) is 1. The zero-order chi connectivity index (χ0) is 24.8. The first kappa shape index (κ1) is 23.8. The first-order valence-corrected chi connectivity index (χ1v) is 11.2. The van der Waals surface area contributed by atoms with Crippen molar-refractivity contribution in [3.05, 3.63) is 53.1 Å². The van der Waals surface area contributed by atoms with Crippen molar-refractivity contribution in [1.82, 2.24) is 14.9 Å². The molecule has 0 saturated carbocycles. The Morgan fingerprint density at radius 1 is 1.41 bits per heavy atom. The lowest BCUT2D eigenvalue weighted by atomic mass is 9.69. The number of hydrogen-bond donors (Lipinski definition) is 4. The third kappa shape index (κ3) is 3.64. The maximum absolute atomic E-state index is 15.7. The van der Waals surface area contributed by atoms with Crippen LogP contribution in [0.3, 0.4) is 0 Å². The molecule has 3 heterocycles. The molecule has 5 N–H and O–H groups in total. The molecule has 1 unspecified atom stereocenters. The highest BCUT2D eigenvalue weighted by molar-refractivity contribution is 5.97. The summed E-state index contributed by atoms with van der Waals surface area (Å²) in [5.41, 5.74) is 7.17. The van der Waals surface area contributed by atoms with E-state index in [-0.39, 0.29) is 18.7 Å². The maximum Gasteiger partial charge on any atom is 0.241 e. The Morgan fingerprint density at radius 2 is 2.09 bits per heavy atom. The molecular formula is C25H28FN5O3. The molecule has 1 aromatic carbocycles. The highest BCUT2D eigenvalue weighted by Crippen LogP contribution is 2.45. The van der Waals surface area contributed by atoms with Crippen LogP contribution in [0.2, 0.25) is 0 Å². The number of aromatic nitrogens is 2. The predicted octanol–water partition coefficient (Wildman–Crippen LogP) is 2.17. The number of nitriles is 1. The number of nitrogens with two attached hydrogens (primary N) is 1. The molecule has 8 nitrogen and oxygen atoms in total. The summed E-state index contributed by atoms with van der Waals surface area (Å²) in [7, 11) is 0. The fourth-order valence-electron chi connectivity index (χ4n) is 5.28. The largest absolute Gasteiger partial charge is 0.394 e. The summed E-state index contributed by atoms with van der Waals surface area (Å²) >= 11 is 0. The van der Waals surface area contributed by atoms with E-state index in [1.807, 2.05) is 0 Å². The Hall–Kier alpha value is -3.32. The Balaban J connectivity index is 1.76. The van der Waals surface area contributed by atoms with Gasteiger partial charge in [0.25, 0.3) is 0 Å². The van der Waals surface area contributed by atoms with E-state index in [9.17, 15) is 20.3 Å². The van der Waals surface area contributed by atoms with Crippen molar-refractivity contribution in [3.63, 3.8) is 0 Å².